The van der Waals surface area contributed by atoms with Crippen molar-refractivity contribution in [3.63, 3.8) is 0 Å². The summed E-state index contributed by atoms with van der Waals surface area (Å²) in [6, 6.07) is 2.69. The minimum atomic E-state index is -0.575. The van der Waals surface area contributed by atoms with Crippen LogP contribution in [0.5, 0.6) is 5.75 Å². The molecule has 0 bridgehead atoms. The topological polar surface area (TPSA) is 63.6 Å². The Hall–Kier alpha value is -1.91. The highest BCUT2D eigenvalue weighted by molar-refractivity contribution is 5.98. The van der Waals surface area contributed by atoms with Gasteiger partial charge in [0.2, 0.25) is 0 Å². The molecule has 0 aliphatic heterocycles. The standard InChI is InChI=1S/C15H17FO2.C3H6O2/c16-13-8-14(17)11(9-5-6-9)7-12(13)15(18)10-3-1-2-4-10;1-2-5-3-4/h7-10,17H,1-6H2;3H,2H2,1H3. The lowest BCUT2D eigenvalue weighted by Gasteiger charge is -2.11. The Morgan fingerprint density at radius 3 is 2.43 bits per heavy atom. The molecule has 1 N–H and O–H groups in total. The highest BCUT2D eigenvalue weighted by Crippen LogP contribution is 2.45. The predicted octanol–water partition coefficient (Wildman–Crippen LogP) is 3.96. The smallest absolute Gasteiger partial charge is 0.293 e. The molecular weight excluding hydrogens is 299 g/mol. The molecule has 1 aromatic rings. The molecule has 2 aliphatic carbocycles. The molecule has 1 aromatic carbocycles. The van der Waals surface area contributed by atoms with Gasteiger partial charge in [-0.3, -0.25) is 9.59 Å². The van der Waals surface area contributed by atoms with Gasteiger partial charge in [-0.15, -0.1) is 0 Å². The van der Waals surface area contributed by atoms with Crippen LogP contribution in [0.1, 0.15) is 67.3 Å². The summed E-state index contributed by atoms with van der Waals surface area (Å²) in [6.07, 6.45) is 5.92. The molecule has 0 heterocycles. The number of carbonyl (C=O) groups is 2. The van der Waals surface area contributed by atoms with E-state index >= 15 is 0 Å². The zero-order valence-electron chi connectivity index (χ0n) is 13.4. The molecule has 0 unspecified atom stereocenters. The first kappa shape index (κ1) is 17.4. The van der Waals surface area contributed by atoms with Gasteiger partial charge in [-0.1, -0.05) is 12.8 Å². The van der Waals surface area contributed by atoms with E-state index < -0.39 is 5.82 Å². The fourth-order valence-electron chi connectivity index (χ4n) is 2.97. The van der Waals surface area contributed by atoms with Crippen LogP contribution in [-0.2, 0) is 9.53 Å². The van der Waals surface area contributed by atoms with E-state index in [2.05, 4.69) is 4.74 Å². The molecule has 4 nitrogen and oxygen atoms in total. The van der Waals surface area contributed by atoms with Crippen LogP contribution in [0.2, 0.25) is 0 Å². The van der Waals surface area contributed by atoms with Crippen LogP contribution in [-0.4, -0.2) is 24.0 Å². The third-order valence-corrected chi connectivity index (χ3v) is 4.36. The van der Waals surface area contributed by atoms with Crippen LogP contribution >= 0.6 is 0 Å². The van der Waals surface area contributed by atoms with Gasteiger partial charge in [0.05, 0.1) is 12.2 Å². The number of hydrogen-bond acceptors (Lipinski definition) is 4. The molecule has 2 fully saturated rings. The second-order valence-corrected chi connectivity index (χ2v) is 6.06. The largest absolute Gasteiger partial charge is 0.508 e. The van der Waals surface area contributed by atoms with E-state index in [0.717, 1.165) is 50.2 Å². The van der Waals surface area contributed by atoms with Gasteiger partial charge < -0.3 is 9.84 Å². The van der Waals surface area contributed by atoms with Crippen molar-refractivity contribution in [2.45, 2.75) is 51.4 Å². The molecule has 0 radical (unpaired) electrons. The molecule has 3 rings (SSSR count). The van der Waals surface area contributed by atoms with Gasteiger partial charge in [0.25, 0.3) is 6.47 Å². The van der Waals surface area contributed by atoms with Gasteiger partial charge in [0.1, 0.15) is 11.6 Å². The maximum absolute atomic E-state index is 13.8. The number of ether oxygens (including phenoxy) is 1. The molecular formula is C18H23FO4. The minimum Gasteiger partial charge on any atom is -0.508 e. The van der Waals surface area contributed by atoms with Gasteiger partial charge in [-0.2, -0.15) is 0 Å². The number of rotatable bonds is 5. The number of aromatic hydroxyl groups is 1. The summed E-state index contributed by atoms with van der Waals surface area (Å²) in [6.45, 7) is 2.66. The molecule has 0 saturated heterocycles. The Kier molecular flexibility index (Phi) is 6.13. The summed E-state index contributed by atoms with van der Waals surface area (Å²) < 4.78 is 18.0. The van der Waals surface area contributed by atoms with Crippen molar-refractivity contribution in [1.29, 1.82) is 0 Å². The van der Waals surface area contributed by atoms with Crippen molar-refractivity contribution < 1.29 is 23.8 Å². The van der Waals surface area contributed by atoms with E-state index in [-0.39, 0.29) is 23.0 Å². The van der Waals surface area contributed by atoms with E-state index in [0.29, 0.717) is 19.0 Å². The number of hydrogen-bond donors (Lipinski definition) is 1. The Morgan fingerprint density at radius 2 is 1.96 bits per heavy atom. The van der Waals surface area contributed by atoms with Crippen molar-refractivity contribution in [3.8, 4) is 5.75 Å². The maximum Gasteiger partial charge on any atom is 0.293 e. The SMILES string of the molecule is CCOC=O.O=C(c1cc(C2CC2)c(O)cc1F)C1CCCC1. The van der Waals surface area contributed by atoms with E-state index in [1.54, 1.807) is 13.0 Å². The molecule has 126 valence electrons. The normalized spacial score (nSPS) is 17.3. The van der Waals surface area contributed by atoms with Gasteiger partial charge in [0, 0.05) is 12.0 Å². The van der Waals surface area contributed by atoms with Crippen LogP contribution in [0, 0.1) is 11.7 Å². The summed E-state index contributed by atoms with van der Waals surface area (Å²) >= 11 is 0. The first-order valence-corrected chi connectivity index (χ1v) is 8.20. The maximum atomic E-state index is 13.8. The number of phenolic OH excluding ortho intramolecular Hbond substituents is 1. The van der Waals surface area contributed by atoms with Crippen LogP contribution in [0.4, 0.5) is 4.39 Å². The summed E-state index contributed by atoms with van der Waals surface area (Å²) in [5, 5.41) is 9.72. The Balaban J connectivity index is 0.000000338. The monoisotopic (exact) mass is 322 g/mol. The van der Waals surface area contributed by atoms with Crippen molar-refractivity contribution >= 4 is 12.3 Å². The van der Waals surface area contributed by atoms with E-state index in [1.165, 1.54) is 0 Å². The van der Waals surface area contributed by atoms with E-state index in [1.807, 2.05) is 0 Å². The van der Waals surface area contributed by atoms with Gasteiger partial charge in [-0.05, 0) is 50.2 Å². The minimum absolute atomic E-state index is 0.00188. The molecule has 0 amide bonds. The van der Waals surface area contributed by atoms with E-state index in [9.17, 15) is 19.1 Å². The average molecular weight is 322 g/mol. The Bertz CT molecular complexity index is 560. The molecule has 2 aliphatic rings. The lowest BCUT2D eigenvalue weighted by Crippen LogP contribution is -2.13. The highest BCUT2D eigenvalue weighted by atomic mass is 19.1. The number of phenols is 1. The molecule has 0 aromatic heterocycles. The fourth-order valence-corrected chi connectivity index (χ4v) is 2.97. The van der Waals surface area contributed by atoms with Crippen LogP contribution in [0.3, 0.4) is 0 Å². The van der Waals surface area contributed by atoms with Gasteiger partial charge >= 0.3 is 0 Å². The van der Waals surface area contributed by atoms with Crippen molar-refractivity contribution in [1.82, 2.24) is 0 Å². The lowest BCUT2D eigenvalue weighted by molar-refractivity contribution is -0.128. The first-order chi connectivity index (χ1) is 11.1. The zero-order chi connectivity index (χ0) is 16.8. The second-order valence-electron chi connectivity index (χ2n) is 6.06. The molecule has 23 heavy (non-hydrogen) atoms. The fraction of sp³-hybridized carbons (Fsp3) is 0.556. The third-order valence-electron chi connectivity index (χ3n) is 4.36. The van der Waals surface area contributed by atoms with Crippen LogP contribution in [0.15, 0.2) is 12.1 Å². The molecule has 0 spiro atoms. The molecule has 2 saturated carbocycles. The van der Waals surface area contributed by atoms with Crippen molar-refractivity contribution in [2.75, 3.05) is 6.61 Å². The number of Topliss-reactive ketones (excluding diaryl/α,β-unsaturated/α-hetero) is 1. The molecule has 0 atom stereocenters. The van der Waals surface area contributed by atoms with Crippen molar-refractivity contribution in [2.24, 2.45) is 5.92 Å². The summed E-state index contributed by atoms with van der Waals surface area (Å²) in [4.78, 5) is 21.4. The lowest BCUT2D eigenvalue weighted by atomic mass is 9.93. The number of ketones is 1. The highest BCUT2D eigenvalue weighted by Gasteiger charge is 2.31. The van der Waals surface area contributed by atoms with Crippen LogP contribution in [0.25, 0.3) is 0 Å². The first-order valence-electron chi connectivity index (χ1n) is 8.20. The zero-order valence-corrected chi connectivity index (χ0v) is 13.4. The summed E-state index contributed by atoms with van der Waals surface area (Å²) in [5.74, 6) is -0.351. The second kappa shape index (κ2) is 8.09. The predicted molar refractivity (Wildman–Crippen MR) is 84.0 cm³/mol. The Morgan fingerprint density at radius 1 is 1.30 bits per heavy atom. The van der Waals surface area contributed by atoms with E-state index in [4.69, 9.17) is 0 Å². The quantitative estimate of drug-likeness (QED) is 0.658. The number of carbonyl (C=O) groups excluding carboxylic acids is 2. The Labute approximate surface area is 135 Å². The van der Waals surface area contributed by atoms with Gasteiger partial charge in [0.15, 0.2) is 5.78 Å². The van der Waals surface area contributed by atoms with Gasteiger partial charge in [-0.25, -0.2) is 4.39 Å². The average Bonchev–Trinajstić information content (AvgIpc) is 3.22. The van der Waals surface area contributed by atoms with Crippen LogP contribution < -0.4 is 0 Å². The third kappa shape index (κ3) is 4.53. The summed E-state index contributed by atoms with van der Waals surface area (Å²) in [7, 11) is 0. The van der Waals surface area contributed by atoms with Crippen molar-refractivity contribution in [3.05, 3.63) is 29.1 Å². The number of benzene rings is 1. The number of halogens is 1. The summed E-state index contributed by atoms with van der Waals surface area (Å²) in [5.41, 5.74) is 0.930. The molecule has 5 heteroatoms.